The number of hydrogen-bond donors (Lipinski definition) is 0. The molecule has 1 heterocycles. The van der Waals surface area contributed by atoms with Crippen molar-refractivity contribution in [3.05, 3.63) is 65.7 Å². The van der Waals surface area contributed by atoms with Crippen LogP contribution in [0, 0.1) is 6.92 Å². The van der Waals surface area contributed by atoms with Gasteiger partial charge < -0.3 is 0 Å². The van der Waals surface area contributed by atoms with Gasteiger partial charge in [-0.15, -0.1) is 0 Å². The van der Waals surface area contributed by atoms with Crippen LogP contribution in [0.4, 0.5) is 0 Å². The van der Waals surface area contributed by atoms with Crippen molar-refractivity contribution in [1.82, 2.24) is 4.41 Å². The first-order chi connectivity index (χ1) is 10.5. The lowest BCUT2D eigenvalue weighted by Crippen LogP contribution is -2.30. The van der Waals surface area contributed by atoms with Crippen molar-refractivity contribution < 1.29 is 8.42 Å². The minimum atomic E-state index is -3.60. The van der Waals surface area contributed by atoms with Crippen LogP contribution in [0.1, 0.15) is 24.5 Å². The summed E-state index contributed by atoms with van der Waals surface area (Å²) in [7, 11) is -3.60. The topological polar surface area (TPSA) is 49.7 Å². The van der Waals surface area contributed by atoms with E-state index in [9.17, 15) is 8.42 Å². The van der Waals surface area contributed by atoms with E-state index in [-0.39, 0.29) is 10.9 Å². The third kappa shape index (κ3) is 2.64. The fraction of sp³-hybridized carbons (Fsp3) is 0.235. The predicted octanol–water partition coefficient (Wildman–Crippen LogP) is 3.18. The zero-order chi connectivity index (χ0) is 15.7. The Morgan fingerprint density at radius 1 is 1.05 bits per heavy atom. The Labute approximate surface area is 131 Å². The average molecular weight is 314 g/mol. The number of sulfonamides is 1. The van der Waals surface area contributed by atoms with Gasteiger partial charge in [-0.1, -0.05) is 48.0 Å². The quantitative estimate of drug-likeness (QED) is 0.873. The van der Waals surface area contributed by atoms with Crippen LogP contribution < -0.4 is 0 Å². The molecule has 0 N–H and O–H groups in total. The summed E-state index contributed by atoms with van der Waals surface area (Å²) in [6.45, 7) is 3.81. The zero-order valence-electron chi connectivity index (χ0n) is 12.6. The van der Waals surface area contributed by atoms with E-state index in [0.717, 1.165) is 16.8 Å². The van der Waals surface area contributed by atoms with E-state index in [1.807, 2.05) is 44.2 Å². The molecule has 22 heavy (non-hydrogen) atoms. The second kappa shape index (κ2) is 5.57. The average Bonchev–Trinajstić information content (AvgIpc) is 2.91. The summed E-state index contributed by atoms with van der Waals surface area (Å²) < 4.78 is 26.7. The highest BCUT2D eigenvalue weighted by molar-refractivity contribution is 7.89. The molecule has 4 nitrogen and oxygen atoms in total. The Morgan fingerprint density at radius 3 is 2.32 bits per heavy atom. The lowest BCUT2D eigenvalue weighted by atomic mass is 10.1. The van der Waals surface area contributed by atoms with Gasteiger partial charge in [0, 0.05) is 6.42 Å². The van der Waals surface area contributed by atoms with Gasteiger partial charge in [0.25, 0.3) is 10.0 Å². The Balaban J connectivity index is 1.97. The Kier molecular flexibility index (Phi) is 3.74. The van der Waals surface area contributed by atoms with Crippen LogP contribution in [0.2, 0.25) is 0 Å². The molecule has 5 heteroatoms. The maximum atomic E-state index is 12.8. The lowest BCUT2D eigenvalue weighted by Gasteiger charge is -2.19. The van der Waals surface area contributed by atoms with E-state index in [2.05, 4.69) is 5.10 Å². The van der Waals surface area contributed by atoms with Crippen molar-refractivity contribution in [3.8, 4) is 0 Å². The number of nitrogens with zero attached hydrogens (tertiary/aromatic N) is 2. The van der Waals surface area contributed by atoms with Gasteiger partial charge in [-0.05, 0) is 31.5 Å². The number of benzene rings is 2. The van der Waals surface area contributed by atoms with Crippen LogP contribution in [-0.2, 0) is 10.0 Å². The molecule has 0 fully saturated rings. The first kappa shape index (κ1) is 14.8. The number of hydrazone groups is 1. The van der Waals surface area contributed by atoms with Crippen molar-refractivity contribution >= 4 is 15.7 Å². The Morgan fingerprint density at radius 2 is 1.68 bits per heavy atom. The molecule has 1 aliphatic rings. The monoisotopic (exact) mass is 314 g/mol. The third-order valence-corrected chi connectivity index (χ3v) is 5.56. The van der Waals surface area contributed by atoms with Gasteiger partial charge in [0.1, 0.15) is 0 Å². The molecule has 114 valence electrons. The van der Waals surface area contributed by atoms with Crippen molar-refractivity contribution in [1.29, 1.82) is 0 Å². The van der Waals surface area contributed by atoms with Crippen LogP contribution in [0.15, 0.2) is 64.6 Å². The highest BCUT2D eigenvalue weighted by atomic mass is 32.2. The summed E-state index contributed by atoms with van der Waals surface area (Å²) in [5, 5.41) is 4.37. The normalized spacial score (nSPS) is 18.4. The van der Waals surface area contributed by atoms with Gasteiger partial charge in [0.2, 0.25) is 0 Å². The molecule has 0 radical (unpaired) electrons. The maximum Gasteiger partial charge on any atom is 0.279 e. The molecule has 0 bridgehead atoms. The molecule has 0 unspecified atom stereocenters. The van der Waals surface area contributed by atoms with Gasteiger partial charge >= 0.3 is 0 Å². The van der Waals surface area contributed by atoms with E-state index < -0.39 is 10.0 Å². The minimum Gasteiger partial charge on any atom is -0.200 e. The van der Waals surface area contributed by atoms with Crippen LogP contribution in [0.5, 0.6) is 0 Å². The van der Waals surface area contributed by atoms with Crippen LogP contribution in [0.25, 0.3) is 0 Å². The maximum absolute atomic E-state index is 12.8. The van der Waals surface area contributed by atoms with Gasteiger partial charge in [0.05, 0.1) is 16.6 Å². The van der Waals surface area contributed by atoms with Gasteiger partial charge in [0.15, 0.2) is 0 Å². The van der Waals surface area contributed by atoms with E-state index in [4.69, 9.17) is 0 Å². The molecule has 2 aromatic rings. The molecule has 0 spiro atoms. The first-order valence-electron chi connectivity index (χ1n) is 7.22. The largest absolute Gasteiger partial charge is 0.279 e. The molecule has 3 rings (SSSR count). The van der Waals surface area contributed by atoms with Gasteiger partial charge in [-0.3, -0.25) is 0 Å². The predicted molar refractivity (Wildman–Crippen MR) is 87.3 cm³/mol. The van der Waals surface area contributed by atoms with E-state index in [1.165, 1.54) is 4.41 Å². The smallest absolute Gasteiger partial charge is 0.200 e. The molecule has 0 saturated carbocycles. The van der Waals surface area contributed by atoms with Crippen LogP contribution in [-0.4, -0.2) is 24.6 Å². The third-order valence-electron chi connectivity index (χ3n) is 3.76. The molecule has 1 atom stereocenters. The lowest BCUT2D eigenvalue weighted by molar-refractivity contribution is 0.384. The van der Waals surface area contributed by atoms with E-state index in [1.54, 1.807) is 24.3 Å². The summed E-state index contributed by atoms with van der Waals surface area (Å²) in [4.78, 5) is 0.281. The van der Waals surface area contributed by atoms with Crippen LogP contribution >= 0.6 is 0 Å². The molecule has 2 aromatic carbocycles. The fourth-order valence-electron chi connectivity index (χ4n) is 2.53. The molecule has 0 aromatic heterocycles. The summed E-state index contributed by atoms with van der Waals surface area (Å²) in [6, 6.07) is 16.4. The van der Waals surface area contributed by atoms with Crippen molar-refractivity contribution in [3.63, 3.8) is 0 Å². The van der Waals surface area contributed by atoms with E-state index >= 15 is 0 Å². The molecule has 0 saturated heterocycles. The summed E-state index contributed by atoms with van der Waals surface area (Å²) >= 11 is 0. The highest BCUT2D eigenvalue weighted by Crippen LogP contribution is 2.27. The summed E-state index contributed by atoms with van der Waals surface area (Å²) in [5.41, 5.74) is 2.81. The highest BCUT2D eigenvalue weighted by Gasteiger charge is 2.33. The number of aryl methyl sites for hydroxylation is 1. The molecular weight excluding hydrogens is 296 g/mol. The fourth-order valence-corrected chi connectivity index (χ4v) is 3.98. The Bertz CT molecular complexity index is 796. The Hall–Kier alpha value is -2.14. The number of hydrogen-bond acceptors (Lipinski definition) is 3. The molecule has 0 amide bonds. The van der Waals surface area contributed by atoms with Gasteiger partial charge in [-0.2, -0.15) is 17.9 Å². The van der Waals surface area contributed by atoms with Crippen molar-refractivity contribution in [2.75, 3.05) is 0 Å². The standard InChI is InChI=1S/C17H18N2O2S/c1-13-8-10-16(11-9-13)22(20,21)19-14(2)12-17(18-19)15-6-4-3-5-7-15/h3-11,14H,12H2,1-2H3/t14-/m0/s1. The second-order valence-corrected chi connectivity index (χ2v) is 7.35. The van der Waals surface area contributed by atoms with Crippen molar-refractivity contribution in [2.24, 2.45) is 5.10 Å². The summed E-state index contributed by atoms with van der Waals surface area (Å²) in [6.07, 6.45) is 0.620. The molecule has 0 aliphatic carbocycles. The molecular formula is C17H18N2O2S. The first-order valence-corrected chi connectivity index (χ1v) is 8.66. The van der Waals surface area contributed by atoms with E-state index in [0.29, 0.717) is 6.42 Å². The minimum absolute atomic E-state index is 0.179. The number of rotatable bonds is 3. The van der Waals surface area contributed by atoms with Crippen molar-refractivity contribution in [2.45, 2.75) is 31.2 Å². The van der Waals surface area contributed by atoms with Gasteiger partial charge in [-0.25, -0.2) is 0 Å². The van der Waals surface area contributed by atoms with Crippen LogP contribution in [0.3, 0.4) is 0 Å². The zero-order valence-corrected chi connectivity index (χ0v) is 13.4. The SMILES string of the molecule is Cc1ccc(S(=O)(=O)N2N=C(c3ccccc3)C[C@@H]2C)cc1. The molecule has 1 aliphatic heterocycles. The second-order valence-electron chi connectivity index (χ2n) is 5.56. The summed E-state index contributed by atoms with van der Waals surface area (Å²) in [5.74, 6) is 0.